The molecule has 1 N–H and O–H groups in total. The van der Waals surface area contributed by atoms with E-state index in [4.69, 9.17) is 0 Å². The molecule has 1 aliphatic carbocycles. The van der Waals surface area contributed by atoms with Crippen LogP contribution in [0.15, 0.2) is 24.5 Å². The molecule has 1 unspecified atom stereocenters. The first kappa shape index (κ1) is 23.8. The van der Waals surface area contributed by atoms with E-state index in [1.807, 2.05) is 29.1 Å². The van der Waals surface area contributed by atoms with E-state index < -0.39 is 0 Å². The number of amides is 1. The Morgan fingerprint density at radius 1 is 0.941 bits per heavy atom. The minimum absolute atomic E-state index is 0.0340. The summed E-state index contributed by atoms with van der Waals surface area (Å²) in [4.78, 5) is 20.4. The summed E-state index contributed by atoms with van der Waals surface area (Å²) in [5.74, 6) is 0.230. The topological polar surface area (TPSA) is 69.5 Å². The van der Waals surface area contributed by atoms with E-state index in [0.717, 1.165) is 61.7 Å². The Morgan fingerprint density at radius 3 is 2.50 bits per heavy atom. The summed E-state index contributed by atoms with van der Waals surface area (Å²) in [7, 11) is 0. The van der Waals surface area contributed by atoms with Crippen LogP contribution in [0, 0.1) is 5.92 Å². The van der Waals surface area contributed by atoms with Crippen molar-refractivity contribution in [2.75, 3.05) is 57.3 Å². The van der Waals surface area contributed by atoms with Crippen molar-refractivity contribution < 1.29 is 4.79 Å². The molecule has 2 aliphatic heterocycles. The van der Waals surface area contributed by atoms with Crippen molar-refractivity contribution >= 4 is 22.4 Å². The first-order valence-corrected chi connectivity index (χ1v) is 14.0. The fourth-order valence-corrected chi connectivity index (χ4v) is 6.57. The summed E-state index contributed by atoms with van der Waals surface area (Å²) in [6.45, 7) is 8.31. The highest BCUT2D eigenvalue weighted by molar-refractivity contribution is 7.17. The van der Waals surface area contributed by atoms with Crippen molar-refractivity contribution in [1.29, 1.82) is 0 Å². The van der Waals surface area contributed by atoms with Crippen LogP contribution in [0.4, 0.5) is 5.13 Å². The van der Waals surface area contributed by atoms with Crippen molar-refractivity contribution in [3.63, 3.8) is 0 Å². The maximum Gasteiger partial charge on any atom is 0.224 e. The van der Waals surface area contributed by atoms with Crippen LogP contribution in [0.5, 0.6) is 0 Å². The van der Waals surface area contributed by atoms with E-state index in [0.29, 0.717) is 0 Å². The van der Waals surface area contributed by atoms with Gasteiger partial charge in [-0.15, -0.1) is 10.2 Å². The Labute approximate surface area is 207 Å². The van der Waals surface area contributed by atoms with Gasteiger partial charge < -0.3 is 15.1 Å². The summed E-state index contributed by atoms with van der Waals surface area (Å²) < 4.78 is 1.98. The monoisotopic (exact) mass is 485 g/mol. The number of carbonyl (C=O) groups excluding carboxylic acids is 1. The molecule has 186 valence electrons. The summed E-state index contributed by atoms with van der Waals surface area (Å²) >= 11 is 1.58. The molecule has 2 saturated heterocycles. The molecule has 0 aromatic carbocycles. The average molecular weight is 486 g/mol. The van der Waals surface area contributed by atoms with Crippen LogP contribution in [-0.2, 0) is 4.79 Å². The number of aromatic nitrogens is 3. The lowest BCUT2D eigenvalue weighted by molar-refractivity contribution is -0.125. The Morgan fingerprint density at radius 2 is 1.71 bits per heavy atom. The summed E-state index contributed by atoms with van der Waals surface area (Å²) in [5, 5.41) is 13.7. The van der Waals surface area contributed by atoms with Crippen molar-refractivity contribution in [3.8, 4) is 5.13 Å². The van der Waals surface area contributed by atoms with Gasteiger partial charge in [-0.05, 0) is 50.8 Å². The van der Waals surface area contributed by atoms with E-state index in [-0.39, 0.29) is 11.8 Å². The largest absolute Gasteiger partial charge is 0.356 e. The van der Waals surface area contributed by atoms with Gasteiger partial charge in [-0.25, -0.2) is 0 Å². The first-order chi connectivity index (χ1) is 16.8. The smallest absolute Gasteiger partial charge is 0.224 e. The fourth-order valence-electron chi connectivity index (χ4n) is 5.72. The maximum atomic E-state index is 12.8. The normalized spacial score (nSPS) is 23.3. The van der Waals surface area contributed by atoms with Gasteiger partial charge in [0.1, 0.15) is 0 Å². The lowest BCUT2D eigenvalue weighted by Crippen LogP contribution is -2.51. The summed E-state index contributed by atoms with van der Waals surface area (Å²) in [5.41, 5.74) is 0. The molecule has 0 radical (unpaired) electrons. The molecule has 3 fully saturated rings. The Bertz CT molecular complexity index is 887. The van der Waals surface area contributed by atoms with Crippen LogP contribution >= 0.6 is 11.3 Å². The third-order valence-corrected chi connectivity index (χ3v) is 8.74. The highest BCUT2D eigenvalue weighted by atomic mass is 32.1. The Balaban J connectivity index is 1.00. The fraction of sp³-hybridized carbons (Fsp3) is 0.720. The number of nitrogens with one attached hydrogen (secondary N) is 1. The number of hydrogen-bond acceptors (Lipinski definition) is 7. The van der Waals surface area contributed by atoms with Gasteiger partial charge in [-0.3, -0.25) is 14.3 Å². The number of anilines is 1. The lowest BCUT2D eigenvalue weighted by Gasteiger charge is -2.40. The van der Waals surface area contributed by atoms with Gasteiger partial charge in [-0.1, -0.05) is 30.6 Å². The second-order valence-corrected chi connectivity index (χ2v) is 11.0. The minimum atomic E-state index is 0.0340. The molecule has 2 aromatic heterocycles. The zero-order chi connectivity index (χ0) is 23.2. The standard InChI is InChI=1S/C25H39N7OS/c33-23(26-11-7-12-29-16-18-30(19-17-29)22-9-2-1-3-10-22)21-8-6-15-32(20-21)25-28-27-24(34-25)31-13-4-5-14-31/h4-5,13-14,21-22H,1-3,6-12,15-20H2,(H,26,33). The molecule has 9 heteroatoms. The molecule has 1 saturated carbocycles. The second kappa shape index (κ2) is 11.6. The number of piperazine rings is 1. The molecule has 8 nitrogen and oxygen atoms in total. The van der Waals surface area contributed by atoms with E-state index in [9.17, 15) is 4.79 Å². The van der Waals surface area contributed by atoms with Gasteiger partial charge in [0.15, 0.2) is 0 Å². The van der Waals surface area contributed by atoms with Crippen LogP contribution in [0.1, 0.15) is 51.4 Å². The molecule has 1 atom stereocenters. The molecule has 34 heavy (non-hydrogen) atoms. The first-order valence-electron chi connectivity index (χ1n) is 13.2. The zero-order valence-electron chi connectivity index (χ0n) is 20.3. The highest BCUT2D eigenvalue weighted by Gasteiger charge is 2.28. The highest BCUT2D eigenvalue weighted by Crippen LogP contribution is 2.28. The van der Waals surface area contributed by atoms with Crippen molar-refractivity contribution in [3.05, 3.63) is 24.5 Å². The van der Waals surface area contributed by atoms with Crippen LogP contribution in [0.3, 0.4) is 0 Å². The van der Waals surface area contributed by atoms with Gasteiger partial charge in [0, 0.05) is 64.2 Å². The van der Waals surface area contributed by atoms with Crippen molar-refractivity contribution in [1.82, 2.24) is 29.9 Å². The molecule has 0 bridgehead atoms. The molecular formula is C25H39N7OS. The number of piperidine rings is 1. The maximum absolute atomic E-state index is 12.8. The van der Waals surface area contributed by atoms with Gasteiger partial charge >= 0.3 is 0 Å². The number of hydrogen-bond donors (Lipinski definition) is 1. The number of nitrogens with zero attached hydrogens (tertiary/aromatic N) is 6. The predicted octanol–water partition coefficient (Wildman–Crippen LogP) is 3.00. The Hall–Kier alpha value is -1.97. The average Bonchev–Trinajstić information content (AvgIpc) is 3.60. The molecular weight excluding hydrogens is 446 g/mol. The van der Waals surface area contributed by atoms with Gasteiger partial charge in [0.25, 0.3) is 0 Å². The predicted molar refractivity (Wildman–Crippen MR) is 137 cm³/mol. The van der Waals surface area contributed by atoms with Gasteiger partial charge in [-0.2, -0.15) is 0 Å². The summed E-state index contributed by atoms with van der Waals surface area (Å²) in [6.07, 6.45) is 14.0. The number of carbonyl (C=O) groups is 1. The third-order valence-electron chi connectivity index (χ3n) is 7.74. The van der Waals surface area contributed by atoms with E-state index in [2.05, 4.69) is 30.2 Å². The quantitative estimate of drug-likeness (QED) is 0.580. The SMILES string of the molecule is O=C(NCCCN1CCN(C2CCCCC2)CC1)C1CCCN(c2nnc(-n3cccc3)s2)C1. The van der Waals surface area contributed by atoms with Gasteiger partial charge in [0.05, 0.1) is 5.92 Å². The van der Waals surface area contributed by atoms with Crippen molar-refractivity contribution in [2.45, 2.75) is 57.4 Å². The number of rotatable bonds is 8. The van der Waals surface area contributed by atoms with Crippen molar-refractivity contribution in [2.24, 2.45) is 5.92 Å². The van der Waals surface area contributed by atoms with Crippen LogP contribution in [0.2, 0.25) is 0 Å². The molecule has 3 aliphatic rings. The minimum Gasteiger partial charge on any atom is -0.356 e. The third kappa shape index (κ3) is 5.98. The molecule has 0 spiro atoms. The Kier molecular flexibility index (Phi) is 8.13. The summed E-state index contributed by atoms with van der Waals surface area (Å²) in [6, 6.07) is 4.81. The van der Waals surface area contributed by atoms with E-state index in [1.165, 1.54) is 58.3 Å². The van der Waals surface area contributed by atoms with Crippen LogP contribution in [0.25, 0.3) is 5.13 Å². The molecule has 5 rings (SSSR count). The van der Waals surface area contributed by atoms with E-state index >= 15 is 0 Å². The molecule has 1 amide bonds. The van der Waals surface area contributed by atoms with Crippen LogP contribution in [-0.4, -0.2) is 88.9 Å². The molecule has 2 aromatic rings. The van der Waals surface area contributed by atoms with Crippen LogP contribution < -0.4 is 10.2 Å². The van der Waals surface area contributed by atoms with E-state index in [1.54, 1.807) is 11.3 Å². The molecule has 4 heterocycles. The second-order valence-electron chi connectivity index (χ2n) is 10.1. The lowest BCUT2D eigenvalue weighted by atomic mass is 9.94. The van der Waals surface area contributed by atoms with Gasteiger partial charge in [0.2, 0.25) is 16.2 Å². The zero-order valence-corrected chi connectivity index (χ0v) is 21.1.